The summed E-state index contributed by atoms with van der Waals surface area (Å²) in [6.45, 7) is 0.789. The summed E-state index contributed by atoms with van der Waals surface area (Å²) in [6.07, 6.45) is 2.90. The molecule has 0 radical (unpaired) electrons. The summed E-state index contributed by atoms with van der Waals surface area (Å²) in [7, 11) is 1.58. The van der Waals surface area contributed by atoms with Crippen molar-refractivity contribution in [2.45, 2.75) is 12.8 Å². The predicted octanol–water partition coefficient (Wildman–Crippen LogP) is 7.27. The molecule has 2 aromatic carbocycles. The summed E-state index contributed by atoms with van der Waals surface area (Å²) in [5, 5.41) is 4.10. The summed E-state index contributed by atoms with van der Waals surface area (Å²) < 4.78 is 26.0. The largest absolute Gasteiger partial charge is 0.496 e. The molecule has 0 unspecified atom stereocenters. The quantitative estimate of drug-likeness (QED) is 0.159. The van der Waals surface area contributed by atoms with Crippen LogP contribution in [0.3, 0.4) is 0 Å². The maximum absolute atomic E-state index is 5.97. The number of aromatic nitrogens is 2. The fraction of sp³-hybridized carbons (Fsp3) is 0.238. The lowest BCUT2D eigenvalue weighted by molar-refractivity contribution is 0.295. The van der Waals surface area contributed by atoms with E-state index in [0.29, 0.717) is 41.8 Å². The molecule has 6 nitrogen and oxygen atoms in total. The molecule has 0 aliphatic rings. The molecule has 0 spiro atoms. The van der Waals surface area contributed by atoms with Gasteiger partial charge in [0.05, 0.1) is 26.4 Å². The van der Waals surface area contributed by atoms with Crippen molar-refractivity contribution in [1.82, 2.24) is 10.1 Å². The van der Waals surface area contributed by atoms with E-state index in [1.54, 1.807) is 31.4 Å². The lowest BCUT2D eigenvalue weighted by Crippen LogP contribution is -2.03. The van der Waals surface area contributed by atoms with Crippen LogP contribution in [0.25, 0.3) is 11.4 Å². The Hall–Kier alpha value is -0.510. The van der Waals surface area contributed by atoms with Gasteiger partial charge >= 0.3 is 0 Å². The molecule has 32 heavy (non-hydrogen) atoms. The number of ether oxygens (including phenoxy) is 3. The minimum atomic E-state index is 0.150. The second-order valence-corrected chi connectivity index (χ2v) is 10.9. The van der Waals surface area contributed by atoms with Gasteiger partial charge < -0.3 is 18.7 Å². The summed E-state index contributed by atoms with van der Waals surface area (Å²) in [5.74, 6) is 3.08. The predicted molar refractivity (Wildman–Crippen MR) is 150 cm³/mol. The fourth-order valence-electron chi connectivity index (χ4n) is 2.68. The van der Waals surface area contributed by atoms with Crippen molar-refractivity contribution in [3.63, 3.8) is 0 Å². The molecule has 3 rings (SSSR count). The highest BCUT2D eigenvalue weighted by molar-refractivity contribution is 14.1. The van der Waals surface area contributed by atoms with Crippen LogP contribution in [0.4, 0.5) is 0 Å². The van der Waals surface area contributed by atoms with E-state index in [4.69, 9.17) is 41.9 Å². The van der Waals surface area contributed by atoms with Crippen LogP contribution in [0, 0.1) is 10.7 Å². The lowest BCUT2D eigenvalue weighted by Gasteiger charge is -2.10. The molecule has 1 aromatic heterocycles. The standard InChI is InChI=1S/C21H17Cl2I3N2O4/c1-29-17-5-4-13(30-8-6-18(22)23)11-14(17)21-27-19(32-28-21)3-2-7-31-20-15(25)9-12(24)10-16(20)26/h4-6,9-11H,2-3,7-8H2,1H3. The van der Waals surface area contributed by atoms with Gasteiger partial charge in [-0.05, 0) is 111 Å². The highest BCUT2D eigenvalue weighted by Crippen LogP contribution is 2.32. The van der Waals surface area contributed by atoms with Crippen LogP contribution in [-0.4, -0.2) is 30.5 Å². The van der Waals surface area contributed by atoms with Crippen LogP contribution < -0.4 is 14.2 Å². The highest BCUT2D eigenvalue weighted by atomic mass is 127. The molecule has 0 fully saturated rings. The molecular formula is C21H17Cl2I3N2O4. The Morgan fingerprint density at radius 2 is 1.84 bits per heavy atom. The van der Waals surface area contributed by atoms with Crippen LogP contribution in [-0.2, 0) is 6.42 Å². The maximum atomic E-state index is 5.97. The van der Waals surface area contributed by atoms with Crippen LogP contribution in [0.2, 0.25) is 0 Å². The fourth-order valence-corrected chi connectivity index (χ4v) is 6.70. The average molecular weight is 813 g/mol. The SMILES string of the molecule is COc1ccc(OCC=C(Cl)Cl)cc1-c1noc(CCCOc2c(I)cc(I)cc2I)n1. The first-order valence-electron chi connectivity index (χ1n) is 9.29. The van der Waals surface area contributed by atoms with Gasteiger partial charge in [0.15, 0.2) is 0 Å². The van der Waals surface area contributed by atoms with E-state index in [9.17, 15) is 0 Å². The number of halogens is 5. The molecule has 0 atom stereocenters. The Balaban J connectivity index is 1.62. The number of aryl methyl sites for hydroxylation is 1. The Kier molecular flexibility index (Phi) is 10.5. The second kappa shape index (κ2) is 12.8. The van der Waals surface area contributed by atoms with Crippen molar-refractivity contribution in [2.75, 3.05) is 20.3 Å². The Labute approximate surface area is 236 Å². The Morgan fingerprint density at radius 1 is 1.09 bits per heavy atom. The molecule has 170 valence electrons. The van der Waals surface area contributed by atoms with E-state index in [-0.39, 0.29) is 11.1 Å². The molecule has 0 aliphatic carbocycles. The molecule has 0 aliphatic heterocycles. The molecule has 0 bridgehead atoms. The Bertz CT molecular complexity index is 1080. The van der Waals surface area contributed by atoms with Gasteiger partial charge in [0.1, 0.15) is 28.3 Å². The number of rotatable bonds is 10. The number of hydrogen-bond acceptors (Lipinski definition) is 6. The summed E-state index contributed by atoms with van der Waals surface area (Å²) >= 11 is 18.1. The molecule has 1 heterocycles. The van der Waals surface area contributed by atoms with Crippen molar-refractivity contribution in [3.05, 3.63) is 57.5 Å². The van der Waals surface area contributed by atoms with E-state index >= 15 is 0 Å². The van der Waals surface area contributed by atoms with E-state index < -0.39 is 0 Å². The van der Waals surface area contributed by atoms with E-state index in [0.717, 1.165) is 19.3 Å². The third-order valence-corrected chi connectivity index (χ3v) is 6.65. The zero-order valence-electron chi connectivity index (χ0n) is 16.7. The van der Waals surface area contributed by atoms with Crippen molar-refractivity contribution in [2.24, 2.45) is 0 Å². The van der Waals surface area contributed by atoms with E-state index in [1.165, 1.54) is 3.57 Å². The number of nitrogens with zero attached hydrogens (tertiary/aromatic N) is 2. The van der Waals surface area contributed by atoms with Gasteiger partial charge in [0.25, 0.3) is 0 Å². The minimum absolute atomic E-state index is 0.150. The van der Waals surface area contributed by atoms with Gasteiger partial charge in [-0.15, -0.1) is 0 Å². The Morgan fingerprint density at radius 3 is 2.53 bits per heavy atom. The maximum Gasteiger partial charge on any atom is 0.227 e. The number of methoxy groups -OCH3 is 1. The molecule has 0 saturated carbocycles. The zero-order valence-corrected chi connectivity index (χ0v) is 24.7. The third-order valence-electron chi connectivity index (χ3n) is 4.11. The van der Waals surface area contributed by atoms with Crippen LogP contribution in [0.15, 0.2) is 45.4 Å². The third kappa shape index (κ3) is 7.50. The summed E-state index contributed by atoms with van der Waals surface area (Å²) in [4.78, 5) is 4.50. The zero-order chi connectivity index (χ0) is 23.1. The first-order valence-corrected chi connectivity index (χ1v) is 13.3. The monoisotopic (exact) mass is 812 g/mol. The van der Waals surface area contributed by atoms with E-state index in [1.807, 2.05) is 0 Å². The van der Waals surface area contributed by atoms with Gasteiger partial charge in [-0.2, -0.15) is 4.98 Å². The molecular weight excluding hydrogens is 796 g/mol. The second-order valence-electron chi connectivity index (χ2n) is 6.33. The van der Waals surface area contributed by atoms with Crippen molar-refractivity contribution in [3.8, 4) is 28.6 Å². The van der Waals surface area contributed by atoms with Crippen LogP contribution >= 0.6 is 91.0 Å². The molecule has 0 N–H and O–H groups in total. The van der Waals surface area contributed by atoms with Crippen molar-refractivity contribution >= 4 is 91.0 Å². The smallest absolute Gasteiger partial charge is 0.227 e. The van der Waals surface area contributed by atoms with Crippen molar-refractivity contribution in [1.29, 1.82) is 0 Å². The van der Waals surface area contributed by atoms with E-state index in [2.05, 4.69) is 90.0 Å². The minimum Gasteiger partial charge on any atom is -0.496 e. The molecule has 0 amide bonds. The van der Waals surface area contributed by atoms with Crippen LogP contribution in [0.5, 0.6) is 17.2 Å². The first-order chi connectivity index (χ1) is 15.4. The van der Waals surface area contributed by atoms with Gasteiger partial charge in [-0.1, -0.05) is 28.4 Å². The van der Waals surface area contributed by atoms with Gasteiger partial charge in [-0.3, -0.25) is 0 Å². The van der Waals surface area contributed by atoms with Gasteiger partial charge in [0, 0.05) is 9.99 Å². The number of benzene rings is 2. The van der Waals surface area contributed by atoms with Gasteiger partial charge in [-0.25, -0.2) is 0 Å². The highest BCUT2D eigenvalue weighted by Gasteiger charge is 2.15. The summed E-state index contributed by atoms with van der Waals surface area (Å²) in [5.41, 5.74) is 0.667. The first kappa shape index (κ1) is 26.1. The van der Waals surface area contributed by atoms with Crippen LogP contribution in [0.1, 0.15) is 12.3 Å². The molecule has 3 aromatic rings. The lowest BCUT2D eigenvalue weighted by atomic mass is 10.2. The number of hydrogen-bond donors (Lipinski definition) is 0. The summed E-state index contributed by atoms with van der Waals surface area (Å²) in [6, 6.07) is 9.53. The average Bonchev–Trinajstić information content (AvgIpc) is 3.21. The normalized spacial score (nSPS) is 10.7. The van der Waals surface area contributed by atoms with Crippen molar-refractivity contribution < 1.29 is 18.7 Å². The van der Waals surface area contributed by atoms with Gasteiger partial charge in [0.2, 0.25) is 11.7 Å². The molecule has 0 saturated heterocycles. The molecule has 11 heteroatoms. The topological polar surface area (TPSA) is 66.6 Å².